The van der Waals surface area contributed by atoms with Gasteiger partial charge in [0, 0.05) is 36.4 Å². The van der Waals surface area contributed by atoms with Gasteiger partial charge >= 0.3 is 0 Å². The van der Waals surface area contributed by atoms with E-state index >= 15 is 0 Å². The molecule has 1 saturated heterocycles. The van der Waals surface area contributed by atoms with Crippen molar-refractivity contribution in [3.05, 3.63) is 35.5 Å². The molecule has 0 bridgehead atoms. The van der Waals surface area contributed by atoms with E-state index in [9.17, 15) is 9.18 Å². The quantitative estimate of drug-likeness (QED) is 0.662. The van der Waals surface area contributed by atoms with Crippen molar-refractivity contribution >= 4 is 34.4 Å². The van der Waals surface area contributed by atoms with Gasteiger partial charge in [-0.05, 0) is 32.3 Å². The predicted molar refractivity (Wildman–Crippen MR) is 110 cm³/mol. The van der Waals surface area contributed by atoms with Crippen LogP contribution in [0.1, 0.15) is 33.1 Å². The molecule has 7 nitrogen and oxygen atoms in total. The second-order valence-electron chi connectivity index (χ2n) is 7.40. The van der Waals surface area contributed by atoms with E-state index in [0.29, 0.717) is 41.6 Å². The monoisotopic (exact) mass is 416 g/mol. The summed E-state index contributed by atoms with van der Waals surface area (Å²) in [5.41, 5.74) is 0.462. The number of H-pyrrole nitrogens is 1. The maximum atomic E-state index is 14.8. The van der Waals surface area contributed by atoms with Gasteiger partial charge in [-0.15, -0.1) is 0 Å². The molecule has 0 spiro atoms. The van der Waals surface area contributed by atoms with Gasteiger partial charge in [0.15, 0.2) is 17.5 Å². The average molecular weight is 417 g/mol. The lowest BCUT2D eigenvalue weighted by atomic mass is 9.97. The van der Waals surface area contributed by atoms with Crippen LogP contribution in [0.3, 0.4) is 0 Å². The number of pyridine rings is 1. The summed E-state index contributed by atoms with van der Waals surface area (Å²) < 4.78 is 14.8. The SMILES string of the molecule is CCCNC(=O)[C@@]1(C)CCCN1c1nc(-c2c[nH]c3ncc(Cl)cc23)ncc1F. The number of anilines is 1. The number of fused-ring (bicyclic) bond motifs is 1. The average Bonchev–Trinajstić information content (AvgIpc) is 3.30. The Morgan fingerprint density at radius 2 is 2.24 bits per heavy atom. The van der Waals surface area contributed by atoms with Crippen LogP contribution in [0.2, 0.25) is 5.02 Å². The molecule has 0 radical (unpaired) electrons. The molecule has 4 heterocycles. The van der Waals surface area contributed by atoms with Gasteiger partial charge in [-0.3, -0.25) is 4.79 Å². The van der Waals surface area contributed by atoms with Crippen molar-refractivity contribution < 1.29 is 9.18 Å². The van der Waals surface area contributed by atoms with E-state index in [-0.39, 0.29) is 11.7 Å². The van der Waals surface area contributed by atoms with E-state index in [0.717, 1.165) is 24.4 Å². The Morgan fingerprint density at radius 1 is 1.41 bits per heavy atom. The molecular weight excluding hydrogens is 395 g/mol. The normalized spacial score (nSPS) is 19.1. The van der Waals surface area contributed by atoms with Crippen LogP contribution in [0.15, 0.2) is 24.7 Å². The van der Waals surface area contributed by atoms with Crippen LogP contribution in [0, 0.1) is 5.82 Å². The van der Waals surface area contributed by atoms with Crippen LogP contribution in [-0.2, 0) is 4.79 Å². The van der Waals surface area contributed by atoms with Gasteiger partial charge in [0.1, 0.15) is 11.2 Å². The number of hydrogen-bond donors (Lipinski definition) is 2. The van der Waals surface area contributed by atoms with Crippen molar-refractivity contribution in [2.24, 2.45) is 0 Å². The predicted octanol–water partition coefficient (Wildman–Crippen LogP) is 3.70. The number of aromatic nitrogens is 4. The summed E-state index contributed by atoms with van der Waals surface area (Å²) in [5, 5.41) is 4.17. The summed E-state index contributed by atoms with van der Waals surface area (Å²) in [6.07, 6.45) is 6.67. The highest BCUT2D eigenvalue weighted by Crippen LogP contribution is 2.36. The topological polar surface area (TPSA) is 86.8 Å². The lowest BCUT2D eigenvalue weighted by molar-refractivity contribution is -0.125. The number of hydrogen-bond acceptors (Lipinski definition) is 5. The number of amides is 1. The fourth-order valence-electron chi connectivity index (χ4n) is 3.81. The Kier molecular flexibility index (Phi) is 5.12. The second-order valence-corrected chi connectivity index (χ2v) is 7.84. The molecule has 0 saturated carbocycles. The molecule has 2 N–H and O–H groups in total. The third-order valence-electron chi connectivity index (χ3n) is 5.39. The summed E-state index contributed by atoms with van der Waals surface area (Å²) in [4.78, 5) is 30.5. The summed E-state index contributed by atoms with van der Waals surface area (Å²) in [6, 6.07) is 1.76. The lowest BCUT2D eigenvalue weighted by Crippen LogP contribution is -2.54. The zero-order valence-corrected chi connectivity index (χ0v) is 17.1. The van der Waals surface area contributed by atoms with Crippen LogP contribution in [0.4, 0.5) is 10.2 Å². The number of aromatic amines is 1. The first-order valence-electron chi connectivity index (χ1n) is 9.65. The summed E-state index contributed by atoms with van der Waals surface area (Å²) in [7, 11) is 0. The van der Waals surface area contributed by atoms with E-state index in [1.54, 1.807) is 23.4 Å². The van der Waals surface area contributed by atoms with Gasteiger partial charge in [0.2, 0.25) is 5.91 Å². The highest BCUT2D eigenvalue weighted by atomic mass is 35.5. The van der Waals surface area contributed by atoms with Crippen LogP contribution >= 0.6 is 11.6 Å². The fourth-order valence-corrected chi connectivity index (χ4v) is 3.97. The third kappa shape index (κ3) is 3.42. The van der Waals surface area contributed by atoms with Crippen molar-refractivity contribution in [1.29, 1.82) is 0 Å². The highest BCUT2D eigenvalue weighted by molar-refractivity contribution is 6.31. The summed E-state index contributed by atoms with van der Waals surface area (Å²) in [6.45, 7) is 4.96. The summed E-state index contributed by atoms with van der Waals surface area (Å²) in [5.74, 6) is -0.188. The Labute approximate surface area is 172 Å². The minimum Gasteiger partial charge on any atom is -0.354 e. The fraction of sp³-hybridized carbons (Fsp3) is 0.400. The Morgan fingerprint density at radius 3 is 3.03 bits per heavy atom. The van der Waals surface area contributed by atoms with Gasteiger partial charge in [0.05, 0.1) is 11.2 Å². The number of carbonyl (C=O) groups is 1. The van der Waals surface area contributed by atoms with Crippen LogP contribution < -0.4 is 10.2 Å². The van der Waals surface area contributed by atoms with Crippen molar-refractivity contribution in [2.45, 2.75) is 38.6 Å². The molecule has 9 heteroatoms. The number of nitrogens with zero attached hydrogens (tertiary/aromatic N) is 4. The van der Waals surface area contributed by atoms with Gasteiger partial charge in [-0.25, -0.2) is 19.3 Å². The van der Waals surface area contributed by atoms with Gasteiger partial charge < -0.3 is 15.2 Å². The Balaban J connectivity index is 1.75. The van der Waals surface area contributed by atoms with E-state index in [2.05, 4.69) is 25.3 Å². The van der Waals surface area contributed by atoms with E-state index in [1.165, 1.54) is 0 Å². The second kappa shape index (κ2) is 7.59. The first-order chi connectivity index (χ1) is 13.9. The summed E-state index contributed by atoms with van der Waals surface area (Å²) >= 11 is 6.08. The van der Waals surface area contributed by atoms with Crippen LogP contribution in [0.25, 0.3) is 22.4 Å². The van der Waals surface area contributed by atoms with E-state index < -0.39 is 11.4 Å². The van der Waals surface area contributed by atoms with Crippen molar-refractivity contribution in [1.82, 2.24) is 25.3 Å². The smallest absolute Gasteiger partial charge is 0.245 e. The molecule has 152 valence electrons. The first kappa shape index (κ1) is 19.6. The zero-order valence-electron chi connectivity index (χ0n) is 16.3. The first-order valence-corrected chi connectivity index (χ1v) is 10.0. The maximum Gasteiger partial charge on any atom is 0.245 e. The van der Waals surface area contributed by atoms with E-state index in [1.807, 2.05) is 13.8 Å². The van der Waals surface area contributed by atoms with E-state index in [4.69, 9.17) is 11.6 Å². The minimum absolute atomic E-state index is 0.112. The molecular formula is C20H22ClFN6O. The number of halogens is 2. The van der Waals surface area contributed by atoms with Gasteiger partial charge in [0.25, 0.3) is 0 Å². The van der Waals surface area contributed by atoms with Crippen LogP contribution in [-0.4, -0.2) is 44.5 Å². The largest absolute Gasteiger partial charge is 0.354 e. The van der Waals surface area contributed by atoms with Crippen LogP contribution in [0.5, 0.6) is 0 Å². The number of nitrogens with one attached hydrogen (secondary N) is 2. The Bertz CT molecular complexity index is 1070. The number of rotatable bonds is 5. The molecule has 4 rings (SSSR count). The number of carbonyl (C=O) groups excluding carboxylic acids is 1. The molecule has 1 aliphatic rings. The minimum atomic E-state index is -0.854. The molecule has 1 amide bonds. The third-order valence-corrected chi connectivity index (χ3v) is 5.59. The maximum absolute atomic E-state index is 14.8. The Hall–Kier alpha value is -2.74. The van der Waals surface area contributed by atoms with Crippen molar-refractivity contribution in [3.8, 4) is 11.4 Å². The van der Waals surface area contributed by atoms with Gasteiger partial charge in [-0.1, -0.05) is 18.5 Å². The highest BCUT2D eigenvalue weighted by Gasteiger charge is 2.44. The molecule has 0 aliphatic carbocycles. The molecule has 29 heavy (non-hydrogen) atoms. The molecule has 1 fully saturated rings. The standard InChI is InChI=1S/C20H22ClFN6O/c1-3-6-23-19(29)20(2)5-4-7-28(20)18-15(22)11-26-17(27-18)14-10-25-16-13(14)8-12(21)9-24-16/h8-11H,3-7H2,1-2H3,(H,23,29)(H,24,25)/t20-/m1/s1. The van der Waals surface area contributed by atoms with Gasteiger partial charge in [-0.2, -0.15) is 0 Å². The molecule has 1 atom stereocenters. The van der Waals surface area contributed by atoms with Crippen molar-refractivity contribution in [3.63, 3.8) is 0 Å². The lowest BCUT2D eigenvalue weighted by Gasteiger charge is -2.35. The zero-order chi connectivity index (χ0) is 20.6. The molecule has 0 unspecified atom stereocenters. The molecule has 3 aromatic rings. The van der Waals surface area contributed by atoms with Crippen molar-refractivity contribution in [2.75, 3.05) is 18.0 Å². The molecule has 3 aromatic heterocycles. The molecule has 0 aromatic carbocycles. The molecule has 1 aliphatic heterocycles.